The van der Waals surface area contributed by atoms with E-state index in [-0.39, 0.29) is 10.1 Å². The smallest absolute Gasteiger partial charge is 0.254 e. The number of nitrogens with two attached hydrogens (primary N) is 1. The molecule has 0 radical (unpaired) electrons. The molecule has 0 aromatic carbocycles. The third-order valence-corrected chi connectivity index (χ3v) is 5.36. The van der Waals surface area contributed by atoms with Crippen LogP contribution in [0.3, 0.4) is 0 Å². The van der Waals surface area contributed by atoms with Crippen molar-refractivity contribution in [1.29, 1.82) is 0 Å². The zero-order chi connectivity index (χ0) is 13.9. The minimum atomic E-state index is -3.74. The highest BCUT2D eigenvalue weighted by Gasteiger charge is 2.22. The summed E-state index contributed by atoms with van der Waals surface area (Å²) in [5, 5.41) is 6.64. The van der Waals surface area contributed by atoms with Crippen LogP contribution in [-0.2, 0) is 10.0 Å². The molecule has 102 valence electrons. The van der Waals surface area contributed by atoms with Gasteiger partial charge in [-0.15, -0.1) is 11.3 Å². The van der Waals surface area contributed by atoms with Crippen LogP contribution in [0.15, 0.2) is 9.59 Å². The fraction of sp³-hybridized carbons (Fsp3) is 0.545. The van der Waals surface area contributed by atoms with Crippen LogP contribution in [0.2, 0.25) is 0 Å². The average molecular weight is 290 g/mol. The average Bonchev–Trinajstić information content (AvgIpc) is 2.66. The number of carbonyl (C=O) groups is 1. The number of unbranched alkanes of at least 4 members (excludes halogenated alkanes) is 1. The largest absolute Gasteiger partial charge is 0.342 e. The second-order valence-corrected chi connectivity index (χ2v) is 6.82. The van der Waals surface area contributed by atoms with Crippen LogP contribution in [0.5, 0.6) is 0 Å². The maximum atomic E-state index is 12.1. The molecular weight excluding hydrogens is 272 g/mol. The highest BCUT2D eigenvalue weighted by atomic mass is 32.2. The van der Waals surface area contributed by atoms with E-state index < -0.39 is 10.0 Å². The summed E-state index contributed by atoms with van der Waals surface area (Å²) < 4.78 is 22.7. The summed E-state index contributed by atoms with van der Waals surface area (Å²) in [6.45, 7) is 4.32. The molecule has 1 heterocycles. The minimum absolute atomic E-state index is 0.0646. The summed E-state index contributed by atoms with van der Waals surface area (Å²) in [5.41, 5.74) is 0.860. The highest BCUT2D eigenvalue weighted by molar-refractivity contribution is 7.91. The van der Waals surface area contributed by atoms with Crippen molar-refractivity contribution in [3.05, 3.63) is 16.5 Å². The van der Waals surface area contributed by atoms with Gasteiger partial charge < -0.3 is 4.90 Å². The van der Waals surface area contributed by atoms with E-state index in [1.807, 2.05) is 6.92 Å². The normalized spacial score (nSPS) is 11.6. The Kier molecular flexibility index (Phi) is 4.89. The Bertz CT molecular complexity index is 534. The van der Waals surface area contributed by atoms with E-state index in [0.717, 1.165) is 24.2 Å². The molecule has 0 aliphatic heterocycles. The van der Waals surface area contributed by atoms with Crippen LogP contribution in [-0.4, -0.2) is 32.8 Å². The monoisotopic (exact) mass is 290 g/mol. The molecule has 0 aliphatic rings. The van der Waals surface area contributed by atoms with Crippen LogP contribution < -0.4 is 5.14 Å². The second-order valence-electron chi connectivity index (χ2n) is 4.19. The van der Waals surface area contributed by atoms with E-state index in [9.17, 15) is 13.2 Å². The number of amides is 1. The standard InChI is InChI=1S/C11H18N2O3S2/c1-4-5-6-13(3)10(14)9-7-17-11(8(9)2)18(12,15)16/h7H,4-6H2,1-3H3,(H2,12,15,16). The van der Waals surface area contributed by atoms with Crippen molar-refractivity contribution in [1.82, 2.24) is 4.90 Å². The van der Waals surface area contributed by atoms with Gasteiger partial charge in [0.2, 0.25) is 10.0 Å². The number of nitrogens with zero attached hydrogens (tertiary/aromatic N) is 1. The summed E-state index contributed by atoms with van der Waals surface area (Å²) in [7, 11) is -2.03. The Morgan fingerprint density at radius 1 is 1.50 bits per heavy atom. The zero-order valence-electron chi connectivity index (χ0n) is 10.8. The molecule has 0 bridgehead atoms. The van der Waals surface area contributed by atoms with Crippen LogP contribution in [0, 0.1) is 6.92 Å². The van der Waals surface area contributed by atoms with Crippen LogP contribution in [0.4, 0.5) is 0 Å². The molecule has 1 amide bonds. The van der Waals surface area contributed by atoms with Gasteiger partial charge in [-0.1, -0.05) is 13.3 Å². The molecule has 7 heteroatoms. The second kappa shape index (κ2) is 5.81. The van der Waals surface area contributed by atoms with Crippen molar-refractivity contribution in [3.63, 3.8) is 0 Å². The maximum absolute atomic E-state index is 12.1. The first kappa shape index (κ1) is 15.1. The Labute approximate surface area is 112 Å². The van der Waals surface area contributed by atoms with Gasteiger partial charge in [0.05, 0.1) is 5.56 Å². The van der Waals surface area contributed by atoms with E-state index in [0.29, 0.717) is 17.7 Å². The molecule has 0 fully saturated rings. The molecule has 2 N–H and O–H groups in total. The minimum Gasteiger partial charge on any atom is -0.342 e. The van der Waals surface area contributed by atoms with Crippen molar-refractivity contribution < 1.29 is 13.2 Å². The molecule has 5 nitrogen and oxygen atoms in total. The first-order valence-electron chi connectivity index (χ1n) is 5.65. The summed E-state index contributed by atoms with van der Waals surface area (Å²) in [5.74, 6) is -0.160. The molecular formula is C11H18N2O3S2. The van der Waals surface area contributed by atoms with Crippen molar-refractivity contribution in [3.8, 4) is 0 Å². The molecule has 0 saturated heterocycles. The number of thiophene rings is 1. The number of carbonyl (C=O) groups excluding carboxylic acids is 1. The predicted octanol–water partition coefficient (Wildman–Crippen LogP) is 1.58. The number of rotatable bonds is 5. The summed E-state index contributed by atoms with van der Waals surface area (Å²) in [4.78, 5) is 13.7. The topological polar surface area (TPSA) is 80.5 Å². The Hall–Kier alpha value is -0.920. The van der Waals surface area contributed by atoms with Gasteiger partial charge in [0.1, 0.15) is 4.21 Å². The van der Waals surface area contributed by atoms with Gasteiger partial charge in [0, 0.05) is 19.0 Å². The predicted molar refractivity (Wildman–Crippen MR) is 72.3 cm³/mol. The SMILES string of the molecule is CCCCN(C)C(=O)c1csc(S(N)(=O)=O)c1C. The van der Waals surface area contributed by atoms with Crippen molar-refractivity contribution in [2.45, 2.75) is 30.9 Å². The Morgan fingerprint density at radius 3 is 2.56 bits per heavy atom. The third-order valence-electron chi connectivity index (χ3n) is 2.68. The Morgan fingerprint density at radius 2 is 2.11 bits per heavy atom. The lowest BCUT2D eigenvalue weighted by Gasteiger charge is -2.16. The number of sulfonamides is 1. The van der Waals surface area contributed by atoms with E-state index in [1.54, 1.807) is 24.3 Å². The third kappa shape index (κ3) is 3.30. The Balaban J connectivity index is 2.98. The van der Waals surface area contributed by atoms with Gasteiger partial charge in [0.15, 0.2) is 0 Å². The van der Waals surface area contributed by atoms with Crippen LogP contribution >= 0.6 is 11.3 Å². The molecule has 0 atom stereocenters. The molecule has 18 heavy (non-hydrogen) atoms. The van der Waals surface area contributed by atoms with E-state index in [2.05, 4.69) is 0 Å². The van der Waals surface area contributed by atoms with E-state index in [1.165, 1.54) is 0 Å². The lowest BCUT2D eigenvalue weighted by Crippen LogP contribution is -2.28. The molecule has 1 rings (SSSR count). The first-order valence-corrected chi connectivity index (χ1v) is 8.08. The van der Waals surface area contributed by atoms with Crippen LogP contribution in [0.1, 0.15) is 35.7 Å². The van der Waals surface area contributed by atoms with Gasteiger partial charge in [-0.2, -0.15) is 0 Å². The first-order chi connectivity index (χ1) is 8.29. The molecule has 1 aromatic heterocycles. The molecule has 0 aliphatic carbocycles. The number of primary sulfonamides is 1. The van der Waals surface area contributed by atoms with Gasteiger partial charge in [-0.3, -0.25) is 4.79 Å². The van der Waals surface area contributed by atoms with E-state index in [4.69, 9.17) is 5.14 Å². The summed E-state index contributed by atoms with van der Waals surface area (Å²) >= 11 is 0.992. The van der Waals surface area contributed by atoms with Gasteiger partial charge >= 0.3 is 0 Å². The van der Waals surface area contributed by atoms with Crippen molar-refractivity contribution in [2.24, 2.45) is 5.14 Å². The summed E-state index contributed by atoms with van der Waals surface area (Å²) in [6.07, 6.45) is 1.93. The fourth-order valence-electron chi connectivity index (χ4n) is 1.59. The van der Waals surface area contributed by atoms with Gasteiger partial charge in [0.25, 0.3) is 5.91 Å². The summed E-state index contributed by atoms with van der Waals surface area (Å²) in [6, 6.07) is 0. The van der Waals surface area contributed by atoms with Gasteiger partial charge in [-0.05, 0) is 18.9 Å². The highest BCUT2D eigenvalue weighted by Crippen LogP contribution is 2.26. The number of hydrogen-bond donors (Lipinski definition) is 1. The maximum Gasteiger partial charge on any atom is 0.254 e. The lowest BCUT2D eigenvalue weighted by molar-refractivity contribution is 0.0793. The quantitative estimate of drug-likeness (QED) is 0.894. The fourth-order valence-corrected chi connectivity index (χ4v) is 3.60. The number of hydrogen-bond acceptors (Lipinski definition) is 4. The van der Waals surface area contributed by atoms with E-state index >= 15 is 0 Å². The molecule has 0 saturated carbocycles. The van der Waals surface area contributed by atoms with Crippen molar-refractivity contribution in [2.75, 3.05) is 13.6 Å². The zero-order valence-corrected chi connectivity index (χ0v) is 12.4. The molecule has 1 aromatic rings. The van der Waals surface area contributed by atoms with Crippen molar-refractivity contribution >= 4 is 27.3 Å². The molecule has 0 unspecified atom stereocenters. The lowest BCUT2D eigenvalue weighted by atomic mass is 10.2. The van der Waals surface area contributed by atoms with Gasteiger partial charge in [-0.25, -0.2) is 13.6 Å². The molecule has 0 spiro atoms. The van der Waals surface area contributed by atoms with Crippen LogP contribution in [0.25, 0.3) is 0 Å².